The van der Waals surface area contributed by atoms with Gasteiger partial charge < -0.3 is 18.8 Å². The molecule has 0 saturated heterocycles. The lowest BCUT2D eigenvalue weighted by atomic mass is 10.1. The quantitative estimate of drug-likeness (QED) is 0.148. The molecule has 0 aliphatic carbocycles. The van der Waals surface area contributed by atoms with E-state index in [-0.39, 0.29) is 52.0 Å². The van der Waals surface area contributed by atoms with Gasteiger partial charge in [-0.1, -0.05) is 57.0 Å². The first-order valence-electron chi connectivity index (χ1n) is 14.0. The smallest absolute Gasteiger partial charge is 0.449 e. The number of halogens is 4. The van der Waals surface area contributed by atoms with Crippen molar-refractivity contribution in [1.82, 2.24) is 0 Å². The number of carbonyl (C=O) groups is 1. The monoisotopic (exact) mass is 616 g/mol. The number of ether oxygens (including phenoxy) is 2. The summed E-state index contributed by atoms with van der Waals surface area (Å²) < 4.78 is 59.9. The van der Waals surface area contributed by atoms with E-state index in [1.807, 2.05) is 34.6 Å². The zero-order chi connectivity index (χ0) is 31.5. The van der Waals surface area contributed by atoms with Crippen molar-refractivity contribution < 1.29 is 36.8 Å². The van der Waals surface area contributed by atoms with Crippen LogP contribution >= 0.6 is 11.6 Å². The molecule has 1 N–H and O–H groups in total. The highest BCUT2D eigenvalue weighted by atomic mass is 35.5. The van der Waals surface area contributed by atoms with E-state index in [2.05, 4.69) is 0 Å². The summed E-state index contributed by atoms with van der Waals surface area (Å²) in [4.78, 5) is 27.8. The minimum Gasteiger partial charge on any atom is -0.449 e. The van der Waals surface area contributed by atoms with E-state index >= 15 is 0 Å². The van der Waals surface area contributed by atoms with Crippen LogP contribution in [0.3, 0.4) is 0 Å². The second-order valence-electron chi connectivity index (χ2n) is 11.4. The fourth-order valence-electron chi connectivity index (χ4n) is 4.92. The predicted octanol–water partition coefficient (Wildman–Crippen LogP) is 7.48. The Kier molecular flexibility index (Phi) is 9.87. The van der Waals surface area contributed by atoms with Gasteiger partial charge in [0.25, 0.3) is 5.76 Å². The Hall–Kier alpha value is -3.82. The minimum atomic E-state index is -5.07. The largest absolute Gasteiger partial charge is 0.453 e. The lowest BCUT2D eigenvalue weighted by molar-refractivity contribution is -0.919. The Morgan fingerprint density at radius 3 is 2.09 bits per heavy atom. The van der Waals surface area contributed by atoms with Crippen molar-refractivity contribution >= 4 is 28.5 Å². The summed E-state index contributed by atoms with van der Waals surface area (Å²) in [6, 6.07) is 15.0. The normalized spacial score (nSPS) is 12.0. The fraction of sp³-hybridized carbons (Fsp3) is 0.333. The van der Waals surface area contributed by atoms with Crippen molar-refractivity contribution in [1.29, 1.82) is 0 Å². The van der Waals surface area contributed by atoms with Gasteiger partial charge in [0.2, 0.25) is 11.2 Å². The first-order chi connectivity index (χ1) is 20.2. The van der Waals surface area contributed by atoms with E-state index in [0.717, 1.165) is 10.5 Å². The Bertz CT molecular complexity index is 1640. The molecule has 0 amide bonds. The Morgan fingerprint density at radius 2 is 1.53 bits per heavy atom. The second kappa shape index (κ2) is 13.2. The first kappa shape index (κ1) is 32.1. The van der Waals surface area contributed by atoms with Crippen LogP contribution in [0.4, 0.5) is 13.2 Å². The van der Waals surface area contributed by atoms with Crippen molar-refractivity contribution in [2.75, 3.05) is 13.1 Å². The Morgan fingerprint density at radius 1 is 0.930 bits per heavy atom. The highest BCUT2D eigenvalue weighted by Gasteiger charge is 2.41. The number of quaternary nitrogens is 1. The molecule has 4 aromatic rings. The summed E-state index contributed by atoms with van der Waals surface area (Å²) in [7, 11) is 0. The number of esters is 1. The number of hydrogen-bond donors (Lipinski definition) is 1. The minimum absolute atomic E-state index is 0.0186. The third kappa shape index (κ3) is 7.97. The standard InChI is InChI=1S/C33H33ClF3NO5/c1-19(2)16-38(17-20(3)4)18-26-27(42-32(40)22-8-6-21(5)7-9-22)15-14-25-28(39)30(31(33(35,36)37)43-29(25)26)41-24-12-10-23(34)11-13-24/h6-15,19-20H,16-18H2,1-5H3/p+1. The third-order valence-corrected chi connectivity index (χ3v) is 6.93. The van der Waals surface area contributed by atoms with Gasteiger partial charge in [-0.15, -0.1) is 0 Å². The van der Waals surface area contributed by atoms with Gasteiger partial charge in [0.05, 0.1) is 29.6 Å². The topological polar surface area (TPSA) is 70.2 Å². The highest BCUT2D eigenvalue weighted by Crippen LogP contribution is 2.40. The number of rotatable bonds is 10. The molecule has 228 valence electrons. The molecule has 0 spiro atoms. The van der Waals surface area contributed by atoms with Crippen LogP contribution in [0.5, 0.6) is 17.2 Å². The Labute approximate surface area is 253 Å². The van der Waals surface area contributed by atoms with Crippen molar-refractivity contribution in [3.05, 3.63) is 98.4 Å². The number of benzene rings is 3. The maximum Gasteiger partial charge on any atom is 0.453 e. The molecule has 6 nitrogen and oxygen atoms in total. The van der Waals surface area contributed by atoms with Crippen molar-refractivity contribution in [2.45, 2.75) is 47.3 Å². The molecule has 0 radical (unpaired) electrons. The lowest BCUT2D eigenvalue weighted by Crippen LogP contribution is -3.11. The van der Waals surface area contributed by atoms with Gasteiger partial charge in [0.1, 0.15) is 18.0 Å². The SMILES string of the molecule is Cc1ccc(C(=O)Oc2ccc3c(=O)c(Oc4ccc(Cl)cc4)c(C(F)(F)F)oc3c2C[NH+](CC(C)C)CC(C)C)cc1. The average molecular weight is 617 g/mol. The fourth-order valence-corrected chi connectivity index (χ4v) is 5.05. The number of fused-ring (bicyclic) bond motifs is 1. The number of hydrogen-bond acceptors (Lipinski definition) is 5. The maximum absolute atomic E-state index is 14.4. The van der Waals surface area contributed by atoms with Gasteiger partial charge in [-0.2, -0.15) is 13.2 Å². The van der Waals surface area contributed by atoms with Crippen molar-refractivity contribution in [2.24, 2.45) is 11.8 Å². The molecular formula is C33H34ClF3NO5+. The van der Waals surface area contributed by atoms with Crippen LogP contribution in [0, 0.1) is 18.8 Å². The number of aryl methyl sites for hydroxylation is 1. The van der Waals surface area contributed by atoms with Gasteiger partial charge in [0, 0.05) is 16.9 Å². The van der Waals surface area contributed by atoms with Crippen LogP contribution in [0.2, 0.25) is 5.02 Å². The molecular weight excluding hydrogens is 583 g/mol. The molecule has 3 aromatic carbocycles. The van der Waals surface area contributed by atoms with E-state index < -0.39 is 29.1 Å². The molecule has 0 aliphatic heterocycles. The second-order valence-corrected chi connectivity index (χ2v) is 11.9. The van der Waals surface area contributed by atoms with Gasteiger partial charge in [-0.05, 0) is 55.5 Å². The molecule has 0 fully saturated rings. The zero-order valence-electron chi connectivity index (χ0n) is 24.6. The maximum atomic E-state index is 14.4. The summed E-state index contributed by atoms with van der Waals surface area (Å²) >= 11 is 5.89. The van der Waals surface area contributed by atoms with Crippen LogP contribution in [-0.4, -0.2) is 19.1 Å². The Balaban J connectivity index is 1.92. The molecule has 0 atom stereocenters. The molecule has 0 unspecified atom stereocenters. The average Bonchev–Trinajstić information content (AvgIpc) is 2.91. The van der Waals surface area contributed by atoms with Crippen molar-refractivity contribution in [3.8, 4) is 17.2 Å². The van der Waals surface area contributed by atoms with Crippen LogP contribution in [0.25, 0.3) is 11.0 Å². The summed E-state index contributed by atoms with van der Waals surface area (Å²) in [5.41, 5.74) is 0.0994. The molecule has 0 aliphatic rings. The molecule has 10 heteroatoms. The van der Waals surface area contributed by atoms with Crippen LogP contribution < -0.4 is 19.8 Å². The summed E-state index contributed by atoms with van der Waals surface area (Å²) in [6.45, 7) is 11.6. The molecule has 1 aromatic heterocycles. The zero-order valence-corrected chi connectivity index (χ0v) is 25.4. The van der Waals surface area contributed by atoms with Crippen molar-refractivity contribution in [3.63, 3.8) is 0 Å². The molecule has 4 rings (SSSR count). The van der Waals surface area contributed by atoms with Crippen LogP contribution in [0.15, 0.2) is 69.9 Å². The predicted molar refractivity (Wildman–Crippen MR) is 159 cm³/mol. The van der Waals surface area contributed by atoms with Gasteiger partial charge in [-0.3, -0.25) is 4.79 Å². The van der Waals surface area contributed by atoms with Crippen LogP contribution in [0.1, 0.15) is 54.9 Å². The summed E-state index contributed by atoms with van der Waals surface area (Å²) in [6.07, 6.45) is -5.07. The number of nitrogens with one attached hydrogen (secondary N) is 1. The third-order valence-electron chi connectivity index (χ3n) is 6.68. The molecule has 1 heterocycles. The van der Waals surface area contributed by atoms with E-state index in [1.165, 1.54) is 36.4 Å². The number of alkyl halides is 3. The molecule has 0 bridgehead atoms. The highest BCUT2D eigenvalue weighted by molar-refractivity contribution is 6.30. The van der Waals surface area contributed by atoms with Gasteiger partial charge in [-0.25, -0.2) is 4.79 Å². The summed E-state index contributed by atoms with van der Waals surface area (Å²) in [5, 5.41) is 0.219. The van der Waals surface area contributed by atoms with E-state index in [1.54, 1.807) is 24.3 Å². The molecule has 0 saturated carbocycles. The van der Waals surface area contributed by atoms with Crippen LogP contribution in [-0.2, 0) is 12.7 Å². The van der Waals surface area contributed by atoms with E-state index in [9.17, 15) is 22.8 Å². The lowest BCUT2D eigenvalue weighted by Gasteiger charge is -2.24. The molecule has 43 heavy (non-hydrogen) atoms. The van der Waals surface area contributed by atoms with E-state index in [0.29, 0.717) is 18.1 Å². The summed E-state index contributed by atoms with van der Waals surface area (Å²) in [5.74, 6) is -2.74. The first-order valence-corrected chi connectivity index (χ1v) is 14.4. The van der Waals surface area contributed by atoms with Gasteiger partial charge >= 0.3 is 12.1 Å². The van der Waals surface area contributed by atoms with E-state index in [4.69, 9.17) is 25.5 Å². The van der Waals surface area contributed by atoms with Gasteiger partial charge in [0.15, 0.2) is 5.58 Å². The number of carbonyl (C=O) groups excluding carboxylic acids is 1.